The monoisotopic (exact) mass is 513 g/mol. The van der Waals surface area contributed by atoms with Gasteiger partial charge in [0, 0.05) is 38.0 Å². The molecule has 6 nitrogen and oxygen atoms in total. The van der Waals surface area contributed by atoms with Gasteiger partial charge in [0.1, 0.15) is 17.3 Å². The average Bonchev–Trinajstić information content (AvgIpc) is 2.80. The molecule has 2 heterocycles. The molecule has 194 valence electrons. The molecule has 12 heteroatoms. The Hall–Kier alpha value is -3.57. The zero-order valence-corrected chi connectivity index (χ0v) is 19.5. The average molecular weight is 513 g/mol. The number of hydrogen-bond acceptors (Lipinski definition) is 5. The van der Waals surface area contributed by atoms with Crippen molar-refractivity contribution in [3.05, 3.63) is 65.7 Å². The van der Waals surface area contributed by atoms with Gasteiger partial charge in [0.15, 0.2) is 0 Å². The van der Waals surface area contributed by atoms with Crippen molar-refractivity contribution in [1.29, 1.82) is 5.41 Å². The molecule has 3 rings (SSSR count). The fourth-order valence-electron chi connectivity index (χ4n) is 4.09. The van der Waals surface area contributed by atoms with Crippen LogP contribution in [-0.2, 0) is 11.0 Å². The first-order valence-electron chi connectivity index (χ1n) is 11.0. The number of halogens is 6. The number of pyridine rings is 1. The number of anilines is 1. The van der Waals surface area contributed by atoms with Crippen LogP contribution in [0.5, 0.6) is 0 Å². The Bertz CT molecular complexity index is 1120. The fraction of sp³-hybridized carbons (Fsp3) is 0.375. The summed E-state index contributed by atoms with van der Waals surface area (Å²) in [5.41, 5.74) is -1.09. The first-order chi connectivity index (χ1) is 16.8. The maximum absolute atomic E-state index is 14.5. The summed E-state index contributed by atoms with van der Waals surface area (Å²) >= 11 is 0. The van der Waals surface area contributed by atoms with Gasteiger partial charge >= 0.3 is 6.18 Å². The number of nitrogens with zero attached hydrogens (tertiary/aromatic N) is 2. The third-order valence-electron chi connectivity index (χ3n) is 5.85. The number of aromatic nitrogens is 1. The highest BCUT2D eigenvalue weighted by Crippen LogP contribution is 2.35. The van der Waals surface area contributed by atoms with E-state index < -0.39 is 60.0 Å². The van der Waals surface area contributed by atoms with Gasteiger partial charge in [-0.25, -0.2) is 18.2 Å². The summed E-state index contributed by atoms with van der Waals surface area (Å²) in [4.78, 5) is 17.9. The van der Waals surface area contributed by atoms with E-state index in [4.69, 9.17) is 5.41 Å². The Morgan fingerprint density at radius 2 is 1.89 bits per heavy atom. The molecule has 1 fully saturated rings. The molecule has 1 unspecified atom stereocenters. The molecule has 0 bridgehead atoms. The molecule has 1 aromatic heterocycles. The van der Waals surface area contributed by atoms with Gasteiger partial charge in [-0.1, -0.05) is 19.1 Å². The molecule has 0 radical (unpaired) electrons. The number of benzene rings is 1. The highest BCUT2D eigenvalue weighted by molar-refractivity contribution is 6.54. The van der Waals surface area contributed by atoms with Crippen molar-refractivity contribution in [2.75, 3.05) is 25.5 Å². The lowest BCUT2D eigenvalue weighted by Crippen LogP contribution is -2.58. The van der Waals surface area contributed by atoms with E-state index in [9.17, 15) is 31.1 Å². The Labute approximate surface area is 203 Å². The van der Waals surface area contributed by atoms with Gasteiger partial charge in [-0.2, -0.15) is 13.2 Å². The summed E-state index contributed by atoms with van der Waals surface area (Å²) < 4.78 is 80.6. The van der Waals surface area contributed by atoms with Crippen molar-refractivity contribution in [3.63, 3.8) is 0 Å². The van der Waals surface area contributed by atoms with Gasteiger partial charge in [-0.05, 0) is 35.7 Å². The summed E-state index contributed by atoms with van der Waals surface area (Å²) in [6.45, 7) is 0.533. The Morgan fingerprint density at radius 3 is 2.44 bits per heavy atom. The van der Waals surface area contributed by atoms with E-state index in [1.807, 2.05) is 0 Å². The fourth-order valence-corrected chi connectivity index (χ4v) is 4.09. The number of hydrogen-bond donors (Lipinski definition) is 3. The van der Waals surface area contributed by atoms with Gasteiger partial charge in [0.05, 0.1) is 18.2 Å². The standard InChI is InChI=1S/C24H25F6N5O/c1-14-9-23(26,27)13-35(19(14)12-34-20-8-5-16(10-33-20)24(28,29)30)22(36)21(31)18(11-32-2)15-3-6-17(25)7-4-15/h3-8,10-11,14,19,31-32H,9,12-13H2,1-2H3,(H,33,34)/b18-11-,31-21?/t14-,19?/m1/s1. The van der Waals surface area contributed by atoms with Gasteiger partial charge in [0.25, 0.3) is 11.8 Å². The molecule has 3 N–H and O–H groups in total. The van der Waals surface area contributed by atoms with E-state index in [0.29, 0.717) is 11.8 Å². The van der Waals surface area contributed by atoms with Crippen LogP contribution in [0.25, 0.3) is 5.57 Å². The smallest absolute Gasteiger partial charge is 0.393 e. The Morgan fingerprint density at radius 1 is 1.22 bits per heavy atom. The normalized spacial score (nSPS) is 20.1. The predicted molar refractivity (Wildman–Crippen MR) is 123 cm³/mol. The van der Waals surface area contributed by atoms with Crippen LogP contribution < -0.4 is 10.6 Å². The predicted octanol–water partition coefficient (Wildman–Crippen LogP) is 4.80. The minimum Gasteiger partial charge on any atom is -0.393 e. The molecule has 0 spiro atoms. The first kappa shape index (κ1) is 27.0. The van der Waals surface area contributed by atoms with Gasteiger partial charge in [-0.3, -0.25) is 10.2 Å². The molecule has 0 aliphatic carbocycles. The minimum atomic E-state index is -4.55. The summed E-state index contributed by atoms with van der Waals surface area (Å²) in [7, 11) is 1.53. The van der Waals surface area contributed by atoms with Gasteiger partial charge in [-0.15, -0.1) is 0 Å². The lowest BCUT2D eigenvalue weighted by Gasteiger charge is -2.43. The zero-order chi connectivity index (χ0) is 26.7. The molecular weight excluding hydrogens is 488 g/mol. The highest BCUT2D eigenvalue weighted by atomic mass is 19.4. The van der Waals surface area contributed by atoms with Crippen LogP contribution in [0.1, 0.15) is 24.5 Å². The summed E-state index contributed by atoms with van der Waals surface area (Å²) in [5.74, 6) is -5.29. The maximum atomic E-state index is 14.5. The summed E-state index contributed by atoms with van der Waals surface area (Å²) in [6.07, 6.45) is -3.06. The number of likely N-dealkylation sites (tertiary alicyclic amines) is 1. The molecule has 1 saturated heterocycles. The molecule has 2 aromatic rings. The van der Waals surface area contributed by atoms with Crippen molar-refractivity contribution in [2.24, 2.45) is 5.92 Å². The van der Waals surface area contributed by atoms with E-state index >= 15 is 0 Å². The van der Waals surface area contributed by atoms with Crippen LogP contribution in [0.2, 0.25) is 0 Å². The number of rotatable bonds is 7. The highest BCUT2D eigenvalue weighted by Gasteiger charge is 2.46. The summed E-state index contributed by atoms with van der Waals surface area (Å²) in [5, 5.41) is 14.0. The quantitative estimate of drug-likeness (QED) is 0.367. The second-order valence-corrected chi connectivity index (χ2v) is 8.58. The van der Waals surface area contributed by atoms with Crippen molar-refractivity contribution in [2.45, 2.75) is 31.5 Å². The molecule has 1 amide bonds. The van der Waals surface area contributed by atoms with Crippen molar-refractivity contribution < 1.29 is 31.1 Å². The lowest BCUT2D eigenvalue weighted by molar-refractivity contribution is -0.145. The topological polar surface area (TPSA) is 81.1 Å². The number of carbonyl (C=O) groups is 1. The number of carbonyl (C=O) groups excluding carboxylic acids is 1. The molecule has 1 aliphatic heterocycles. The Balaban J connectivity index is 1.84. The van der Waals surface area contributed by atoms with E-state index in [1.165, 1.54) is 32.3 Å². The lowest BCUT2D eigenvalue weighted by atomic mass is 9.87. The van der Waals surface area contributed by atoms with Crippen LogP contribution in [0.4, 0.5) is 32.2 Å². The third kappa shape index (κ3) is 6.35. The van der Waals surface area contributed by atoms with Crippen LogP contribution in [0.3, 0.4) is 0 Å². The second kappa shape index (κ2) is 10.6. The number of piperidine rings is 1. The Kier molecular flexibility index (Phi) is 7.95. The largest absolute Gasteiger partial charge is 0.417 e. The van der Waals surface area contributed by atoms with E-state index in [-0.39, 0.29) is 17.9 Å². The first-order valence-corrected chi connectivity index (χ1v) is 11.0. The minimum absolute atomic E-state index is 0.0732. The van der Waals surface area contributed by atoms with Crippen molar-refractivity contribution >= 4 is 23.0 Å². The number of alkyl halides is 5. The SMILES string of the molecule is CN/C=C(\C(=N)C(=O)N1CC(F)(F)C[C@@H](C)C1CNc1ccc(C(F)(F)F)cn1)c1ccc(F)cc1. The molecule has 2 atom stereocenters. The maximum Gasteiger partial charge on any atom is 0.417 e. The van der Waals surface area contributed by atoms with Crippen LogP contribution in [0, 0.1) is 17.1 Å². The molecule has 1 aliphatic rings. The molecular formula is C24H25F6N5O. The van der Waals surface area contributed by atoms with Crippen molar-refractivity contribution in [1.82, 2.24) is 15.2 Å². The van der Waals surface area contributed by atoms with E-state index in [0.717, 1.165) is 29.2 Å². The second-order valence-electron chi connectivity index (χ2n) is 8.58. The zero-order valence-electron chi connectivity index (χ0n) is 19.5. The molecule has 0 saturated carbocycles. The van der Waals surface area contributed by atoms with Crippen LogP contribution >= 0.6 is 0 Å². The van der Waals surface area contributed by atoms with E-state index in [2.05, 4.69) is 15.6 Å². The molecule has 36 heavy (non-hydrogen) atoms. The third-order valence-corrected chi connectivity index (χ3v) is 5.85. The van der Waals surface area contributed by atoms with Crippen LogP contribution in [-0.4, -0.2) is 53.6 Å². The van der Waals surface area contributed by atoms with Crippen LogP contribution in [0.15, 0.2) is 48.8 Å². The number of amides is 1. The van der Waals surface area contributed by atoms with Gasteiger partial charge in [0.2, 0.25) is 0 Å². The van der Waals surface area contributed by atoms with Crippen molar-refractivity contribution in [3.8, 4) is 0 Å². The van der Waals surface area contributed by atoms with E-state index in [1.54, 1.807) is 0 Å². The van der Waals surface area contributed by atoms with Gasteiger partial charge < -0.3 is 15.5 Å². The molecule has 1 aromatic carbocycles. The number of nitrogens with one attached hydrogen (secondary N) is 3. The summed E-state index contributed by atoms with van der Waals surface area (Å²) in [6, 6.07) is 6.18.